The monoisotopic (exact) mass is 494 g/mol. The van der Waals surface area contributed by atoms with E-state index in [4.69, 9.17) is 4.84 Å². The van der Waals surface area contributed by atoms with Gasteiger partial charge in [0.2, 0.25) is 5.95 Å². The third kappa shape index (κ3) is 5.95. The number of amides is 2. The van der Waals surface area contributed by atoms with Gasteiger partial charge in [-0.25, -0.2) is 20.2 Å². The highest BCUT2D eigenvalue weighted by atomic mass is 19.4. The summed E-state index contributed by atoms with van der Waals surface area (Å²) in [5.41, 5.74) is -1.41. The molecule has 0 saturated carbocycles. The van der Waals surface area contributed by atoms with Crippen LogP contribution in [0.15, 0.2) is 29.5 Å². The fraction of sp³-hybridized carbons (Fsp3) is 0.474. The number of aromatic amines is 1. The maximum Gasteiger partial charge on any atom is 0.421 e. The van der Waals surface area contributed by atoms with Crippen LogP contribution in [-0.4, -0.2) is 52.1 Å². The van der Waals surface area contributed by atoms with E-state index in [2.05, 4.69) is 15.4 Å². The fourth-order valence-electron chi connectivity index (χ4n) is 3.21. The van der Waals surface area contributed by atoms with Crippen molar-refractivity contribution in [2.75, 3.05) is 31.1 Å². The molecule has 34 heavy (non-hydrogen) atoms. The Labute approximate surface area is 188 Å². The lowest BCUT2D eigenvalue weighted by Gasteiger charge is -2.34. The Hall–Kier alpha value is -3.36. The largest absolute Gasteiger partial charge is 0.421 e. The van der Waals surface area contributed by atoms with Crippen LogP contribution < -0.4 is 15.9 Å². The van der Waals surface area contributed by atoms with E-state index in [1.165, 1.54) is 4.90 Å². The van der Waals surface area contributed by atoms with E-state index in [9.17, 15) is 35.9 Å². The number of hydrogen-bond acceptors (Lipinski definition) is 6. The molecule has 2 aromatic rings. The highest BCUT2D eigenvalue weighted by Crippen LogP contribution is 2.30. The Morgan fingerprint density at radius 2 is 1.74 bits per heavy atom. The summed E-state index contributed by atoms with van der Waals surface area (Å²) >= 11 is 0. The SMILES string of the molecule is CC[C@@H](ONC(=O)N1CCN(c2ncc(C(F)(F)F)cn2)CC1)c1c[nH]c(=O)c(C(F)(F)F)c1. The molecular formula is C19H20F6N6O3. The molecule has 3 rings (SSSR count). The minimum absolute atomic E-state index is 0.0268. The van der Waals surface area contributed by atoms with Crippen molar-refractivity contribution < 1.29 is 36.0 Å². The van der Waals surface area contributed by atoms with E-state index in [1.807, 2.05) is 4.98 Å². The number of rotatable bonds is 5. The first-order valence-corrected chi connectivity index (χ1v) is 10.0. The molecule has 0 bridgehead atoms. The Morgan fingerprint density at radius 1 is 1.12 bits per heavy atom. The van der Waals surface area contributed by atoms with E-state index in [0.717, 1.165) is 6.20 Å². The summed E-state index contributed by atoms with van der Waals surface area (Å²) in [7, 11) is 0. The lowest BCUT2D eigenvalue weighted by Crippen LogP contribution is -2.52. The Morgan fingerprint density at radius 3 is 2.26 bits per heavy atom. The van der Waals surface area contributed by atoms with Crippen LogP contribution in [0.1, 0.15) is 36.1 Å². The zero-order chi connectivity index (χ0) is 25.1. The molecule has 3 heterocycles. The van der Waals surface area contributed by atoms with Gasteiger partial charge in [0.15, 0.2) is 0 Å². The predicted molar refractivity (Wildman–Crippen MR) is 106 cm³/mol. The molecule has 186 valence electrons. The molecule has 1 saturated heterocycles. The van der Waals surface area contributed by atoms with Gasteiger partial charge in [-0.05, 0) is 12.5 Å². The second-order valence-electron chi connectivity index (χ2n) is 7.34. The smallest absolute Gasteiger partial charge is 0.337 e. The number of hydroxylamine groups is 1. The first kappa shape index (κ1) is 25.3. The Kier molecular flexibility index (Phi) is 7.33. The van der Waals surface area contributed by atoms with Gasteiger partial charge in [-0.2, -0.15) is 26.3 Å². The van der Waals surface area contributed by atoms with Crippen LogP contribution in [0.25, 0.3) is 0 Å². The quantitative estimate of drug-likeness (QED) is 0.489. The van der Waals surface area contributed by atoms with Crippen molar-refractivity contribution in [1.82, 2.24) is 25.3 Å². The number of hydrogen-bond donors (Lipinski definition) is 2. The lowest BCUT2D eigenvalue weighted by molar-refractivity contribution is -0.139. The molecule has 0 unspecified atom stereocenters. The number of urea groups is 1. The zero-order valence-electron chi connectivity index (χ0n) is 17.7. The van der Waals surface area contributed by atoms with Crippen LogP contribution in [0, 0.1) is 0 Å². The summed E-state index contributed by atoms with van der Waals surface area (Å²) in [6, 6.07) is 0.0223. The molecule has 1 atom stereocenters. The number of piperazine rings is 1. The number of alkyl halides is 6. The Bertz CT molecular complexity index is 1050. The Balaban J connectivity index is 1.55. The summed E-state index contributed by atoms with van der Waals surface area (Å²) in [5.74, 6) is 0.0916. The van der Waals surface area contributed by atoms with Crippen LogP contribution in [-0.2, 0) is 17.2 Å². The van der Waals surface area contributed by atoms with Crippen molar-refractivity contribution in [1.29, 1.82) is 0 Å². The van der Waals surface area contributed by atoms with Gasteiger partial charge in [-0.1, -0.05) is 6.92 Å². The van der Waals surface area contributed by atoms with Crippen molar-refractivity contribution in [3.8, 4) is 0 Å². The maximum atomic E-state index is 13.0. The highest BCUT2D eigenvalue weighted by molar-refractivity contribution is 5.73. The van der Waals surface area contributed by atoms with Gasteiger partial charge in [0.25, 0.3) is 5.56 Å². The predicted octanol–water partition coefficient (Wildman–Crippen LogP) is 3.12. The average molecular weight is 494 g/mol. The molecule has 2 N–H and O–H groups in total. The van der Waals surface area contributed by atoms with E-state index in [-0.39, 0.29) is 44.1 Å². The van der Waals surface area contributed by atoms with Crippen LogP contribution in [0.3, 0.4) is 0 Å². The summed E-state index contributed by atoms with van der Waals surface area (Å²) in [4.78, 5) is 41.5. The number of nitrogens with one attached hydrogen (secondary N) is 2. The first-order valence-electron chi connectivity index (χ1n) is 10.0. The molecule has 2 amide bonds. The molecule has 1 aliphatic heterocycles. The molecule has 1 fully saturated rings. The van der Waals surface area contributed by atoms with Gasteiger partial charge >= 0.3 is 18.4 Å². The van der Waals surface area contributed by atoms with Gasteiger partial charge < -0.3 is 14.8 Å². The van der Waals surface area contributed by atoms with Crippen molar-refractivity contribution >= 4 is 12.0 Å². The van der Waals surface area contributed by atoms with Crippen molar-refractivity contribution in [2.24, 2.45) is 0 Å². The lowest BCUT2D eigenvalue weighted by atomic mass is 10.1. The van der Waals surface area contributed by atoms with Crippen molar-refractivity contribution in [3.63, 3.8) is 0 Å². The standard InChI is InChI=1S/C19H20F6N6O3/c1-2-14(11-7-13(19(23,24)25)15(32)26-8-11)34-29-17(33)31-5-3-30(4-6-31)16-27-9-12(10-28-16)18(20,21)22/h7-10,14H,2-6H2,1H3,(H,26,32)(H,29,33)/t14-/m1/s1. The summed E-state index contributed by atoms with van der Waals surface area (Å²) < 4.78 is 76.8. The summed E-state index contributed by atoms with van der Waals surface area (Å²) in [6.45, 7) is 2.45. The number of anilines is 1. The normalized spacial score (nSPS) is 15.9. The number of H-pyrrole nitrogens is 1. The number of carbonyl (C=O) groups excluding carboxylic acids is 1. The van der Waals surface area contributed by atoms with Crippen LogP contribution in [0.4, 0.5) is 37.1 Å². The molecule has 15 heteroatoms. The summed E-state index contributed by atoms with van der Waals surface area (Å²) in [5, 5.41) is 0. The summed E-state index contributed by atoms with van der Waals surface area (Å²) in [6.07, 6.45) is -7.70. The van der Waals surface area contributed by atoms with Gasteiger partial charge in [0.1, 0.15) is 11.7 Å². The van der Waals surface area contributed by atoms with E-state index < -0.39 is 41.2 Å². The van der Waals surface area contributed by atoms with Crippen molar-refractivity contribution in [3.05, 3.63) is 51.7 Å². The molecule has 0 radical (unpaired) electrons. The zero-order valence-corrected chi connectivity index (χ0v) is 17.7. The van der Waals surface area contributed by atoms with Crippen LogP contribution in [0.2, 0.25) is 0 Å². The van der Waals surface area contributed by atoms with E-state index >= 15 is 0 Å². The van der Waals surface area contributed by atoms with Crippen LogP contribution in [0.5, 0.6) is 0 Å². The number of halogens is 6. The highest BCUT2D eigenvalue weighted by Gasteiger charge is 2.35. The number of nitrogens with zero attached hydrogens (tertiary/aromatic N) is 4. The maximum absolute atomic E-state index is 13.0. The van der Waals surface area contributed by atoms with E-state index in [1.54, 1.807) is 11.8 Å². The molecule has 0 aromatic carbocycles. The minimum Gasteiger partial charge on any atom is -0.337 e. The number of aromatic nitrogens is 3. The fourth-order valence-corrected chi connectivity index (χ4v) is 3.21. The molecule has 0 aliphatic carbocycles. The second kappa shape index (κ2) is 9.87. The molecular weight excluding hydrogens is 474 g/mol. The second-order valence-corrected chi connectivity index (χ2v) is 7.34. The molecule has 9 nitrogen and oxygen atoms in total. The van der Waals surface area contributed by atoms with Crippen molar-refractivity contribution in [2.45, 2.75) is 31.8 Å². The topological polar surface area (TPSA) is 103 Å². The van der Waals surface area contributed by atoms with Gasteiger partial charge in [-0.15, -0.1) is 0 Å². The third-order valence-corrected chi connectivity index (χ3v) is 5.08. The van der Waals surface area contributed by atoms with Gasteiger partial charge in [-0.3, -0.25) is 9.63 Å². The molecule has 2 aromatic heterocycles. The number of pyridine rings is 1. The minimum atomic E-state index is -4.85. The molecule has 1 aliphatic rings. The third-order valence-electron chi connectivity index (χ3n) is 5.08. The van der Waals surface area contributed by atoms with Gasteiger partial charge in [0.05, 0.1) is 5.56 Å². The van der Waals surface area contributed by atoms with E-state index in [0.29, 0.717) is 18.5 Å². The average Bonchev–Trinajstić information content (AvgIpc) is 2.79. The molecule has 0 spiro atoms. The van der Waals surface area contributed by atoms with Crippen LogP contribution >= 0.6 is 0 Å². The number of carbonyl (C=O) groups is 1. The van der Waals surface area contributed by atoms with Gasteiger partial charge in [0, 0.05) is 50.3 Å². The first-order chi connectivity index (χ1) is 15.9.